The number of aryl methyl sites for hydroxylation is 1. The molecule has 1 N–H and O–H groups in total. The molecule has 0 spiro atoms. The van der Waals surface area contributed by atoms with Gasteiger partial charge in [0.05, 0.1) is 17.7 Å². The summed E-state index contributed by atoms with van der Waals surface area (Å²) in [7, 11) is 0. The fourth-order valence-electron chi connectivity index (χ4n) is 2.66. The Morgan fingerprint density at radius 2 is 2.05 bits per heavy atom. The summed E-state index contributed by atoms with van der Waals surface area (Å²) in [5, 5.41) is 19.0. The number of aromatic hydroxyl groups is 1. The SMILES string of the molecule is CCC(C#N)N1CCN(C(=O)c2ccc(C)cc2O)CC1. The molecule has 0 aliphatic carbocycles. The molecule has 2 rings (SSSR count). The van der Waals surface area contributed by atoms with Gasteiger partial charge in [0, 0.05) is 26.2 Å². The molecule has 21 heavy (non-hydrogen) atoms. The molecule has 0 bridgehead atoms. The molecule has 1 aliphatic rings. The molecular formula is C16H21N3O2. The molecular weight excluding hydrogens is 266 g/mol. The largest absolute Gasteiger partial charge is 0.507 e. The number of phenolic OH excluding ortho intramolecular Hbond substituents is 1. The Morgan fingerprint density at radius 1 is 1.38 bits per heavy atom. The molecule has 1 aromatic rings. The number of nitriles is 1. The smallest absolute Gasteiger partial charge is 0.257 e. The van der Waals surface area contributed by atoms with E-state index in [1.807, 2.05) is 19.9 Å². The molecule has 0 radical (unpaired) electrons. The summed E-state index contributed by atoms with van der Waals surface area (Å²) in [5.74, 6) is -0.108. The van der Waals surface area contributed by atoms with Crippen LogP contribution < -0.4 is 0 Å². The van der Waals surface area contributed by atoms with Crippen LogP contribution in [0.25, 0.3) is 0 Å². The summed E-state index contributed by atoms with van der Waals surface area (Å²) in [6, 6.07) is 7.32. The van der Waals surface area contributed by atoms with Crippen molar-refractivity contribution in [1.82, 2.24) is 9.80 Å². The van der Waals surface area contributed by atoms with Crippen LogP contribution in [0.2, 0.25) is 0 Å². The normalized spacial score (nSPS) is 17.3. The number of benzene rings is 1. The third-order valence-electron chi connectivity index (χ3n) is 3.96. The van der Waals surface area contributed by atoms with Crippen molar-refractivity contribution in [3.8, 4) is 11.8 Å². The minimum absolute atomic E-state index is 0.0332. The monoisotopic (exact) mass is 287 g/mol. The van der Waals surface area contributed by atoms with E-state index in [-0.39, 0.29) is 17.7 Å². The van der Waals surface area contributed by atoms with Gasteiger partial charge in [0.2, 0.25) is 0 Å². The number of nitrogens with zero attached hydrogens (tertiary/aromatic N) is 3. The molecule has 0 aromatic heterocycles. The second-order valence-electron chi connectivity index (χ2n) is 5.40. The first-order chi connectivity index (χ1) is 10.1. The number of carbonyl (C=O) groups is 1. The molecule has 1 aromatic carbocycles. The molecule has 1 unspecified atom stereocenters. The van der Waals surface area contributed by atoms with Gasteiger partial charge in [-0.05, 0) is 31.0 Å². The maximum absolute atomic E-state index is 12.4. The Hall–Kier alpha value is -2.06. The van der Waals surface area contributed by atoms with Gasteiger partial charge in [-0.25, -0.2) is 0 Å². The van der Waals surface area contributed by atoms with Crippen LogP contribution in [0.15, 0.2) is 18.2 Å². The number of phenols is 1. The van der Waals surface area contributed by atoms with Crippen LogP contribution in [0.4, 0.5) is 0 Å². The van der Waals surface area contributed by atoms with Crippen molar-refractivity contribution >= 4 is 5.91 Å². The number of piperazine rings is 1. The molecule has 112 valence electrons. The Balaban J connectivity index is 2.02. The summed E-state index contributed by atoms with van der Waals surface area (Å²) in [5.41, 5.74) is 1.27. The molecule has 1 saturated heterocycles. The van der Waals surface area contributed by atoms with Crippen LogP contribution in [0.1, 0.15) is 29.3 Å². The van der Waals surface area contributed by atoms with Crippen LogP contribution >= 0.6 is 0 Å². The van der Waals surface area contributed by atoms with Crippen molar-refractivity contribution < 1.29 is 9.90 Å². The average Bonchev–Trinajstić information content (AvgIpc) is 2.48. The zero-order valence-electron chi connectivity index (χ0n) is 12.5. The summed E-state index contributed by atoms with van der Waals surface area (Å²) < 4.78 is 0. The maximum atomic E-state index is 12.4. The summed E-state index contributed by atoms with van der Waals surface area (Å²) in [6.45, 7) is 6.44. The Kier molecular flexibility index (Phi) is 4.81. The number of hydrogen-bond donors (Lipinski definition) is 1. The van der Waals surface area contributed by atoms with Gasteiger partial charge in [0.15, 0.2) is 0 Å². The summed E-state index contributed by atoms with van der Waals surface area (Å²) in [4.78, 5) is 16.3. The van der Waals surface area contributed by atoms with Crippen LogP contribution in [0.3, 0.4) is 0 Å². The fraction of sp³-hybridized carbons (Fsp3) is 0.500. The van der Waals surface area contributed by atoms with Gasteiger partial charge in [0.25, 0.3) is 5.91 Å². The van der Waals surface area contributed by atoms with Gasteiger partial charge in [-0.1, -0.05) is 13.0 Å². The van der Waals surface area contributed by atoms with Gasteiger partial charge in [-0.3, -0.25) is 9.69 Å². The van der Waals surface area contributed by atoms with Crippen molar-refractivity contribution in [1.29, 1.82) is 5.26 Å². The van der Waals surface area contributed by atoms with E-state index in [0.717, 1.165) is 12.0 Å². The van der Waals surface area contributed by atoms with Gasteiger partial charge in [0.1, 0.15) is 5.75 Å². The minimum Gasteiger partial charge on any atom is -0.507 e. The molecule has 1 atom stereocenters. The highest BCUT2D eigenvalue weighted by Gasteiger charge is 2.26. The third-order valence-corrected chi connectivity index (χ3v) is 3.96. The lowest BCUT2D eigenvalue weighted by Gasteiger charge is -2.36. The first-order valence-electron chi connectivity index (χ1n) is 7.29. The van der Waals surface area contributed by atoms with Crippen molar-refractivity contribution in [2.45, 2.75) is 26.3 Å². The van der Waals surface area contributed by atoms with E-state index in [4.69, 9.17) is 5.26 Å². The van der Waals surface area contributed by atoms with E-state index < -0.39 is 0 Å². The van der Waals surface area contributed by atoms with Gasteiger partial charge >= 0.3 is 0 Å². The van der Waals surface area contributed by atoms with Crippen LogP contribution in [-0.4, -0.2) is 53.0 Å². The highest BCUT2D eigenvalue weighted by Crippen LogP contribution is 2.21. The third kappa shape index (κ3) is 3.34. The van der Waals surface area contributed by atoms with Crippen molar-refractivity contribution in [2.75, 3.05) is 26.2 Å². The predicted octanol–water partition coefficient (Wildman–Crippen LogP) is 1.76. The van der Waals surface area contributed by atoms with Crippen molar-refractivity contribution in [3.05, 3.63) is 29.3 Å². The Labute approximate surface area is 125 Å². The first kappa shape index (κ1) is 15.3. The quantitative estimate of drug-likeness (QED) is 0.920. The number of hydrogen-bond acceptors (Lipinski definition) is 4. The van der Waals surface area contributed by atoms with E-state index in [1.165, 1.54) is 0 Å². The minimum atomic E-state index is -0.142. The van der Waals surface area contributed by atoms with Crippen molar-refractivity contribution in [2.24, 2.45) is 0 Å². The van der Waals surface area contributed by atoms with E-state index in [1.54, 1.807) is 17.0 Å². The molecule has 0 saturated carbocycles. The summed E-state index contributed by atoms with van der Waals surface area (Å²) in [6.07, 6.45) is 0.795. The molecule has 5 nitrogen and oxygen atoms in total. The lowest BCUT2D eigenvalue weighted by Crippen LogP contribution is -2.51. The van der Waals surface area contributed by atoms with E-state index >= 15 is 0 Å². The highest BCUT2D eigenvalue weighted by atomic mass is 16.3. The predicted molar refractivity (Wildman–Crippen MR) is 80.0 cm³/mol. The molecule has 1 heterocycles. The highest BCUT2D eigenvalue weighted by molar-refractivity contribution is 5.97. The number of rotatable bonds is 3. The Bertz CT molecular complexity index is 557. The zero-order valence-corrected chi connectivity index (χ0v) is 12.5. The van der Waals surface area contributed by atoms with Crippen molar-refractivity contribution in [3.63, 3.8) is 0 Å². The topological polar surface area (TPSA) is 67.6 Å². The van der Waals surface area contributed by atoms with Crippen LogP contribution in [-0.2, 0) is 0 Å². The second-order valence-corrected chi connectivity index (χ2v) is 5.40. The standard InChI is InChI=1S/C16H21N3O2/c1-3-13(11-17)18-6-8-19(9-7-18)16(21)14-5-4-12(2)10-15(14)20/h4-5,10,13,20H,3,6-9H2,1-2H3. The lowest BCUT2D eigenvalue weighted by atomic mass is 10.1. The van der Waals surface area contributed by atoms with E-state index in [2.05, 4.69) is 11.0 Å². The fourth-order valence-corrected chi connectivity index (χ4v) is 2.66. The average molecular weight is 287 g/mol. The van der Waals surface area contributed by atoms with Crippen LogP contribution in [0.5, 0.6) is 5.75 Å². The van der Waals surface area contributed by atoms with Gasteiger partial charge in [-0.15, -0.1) is 0 Å². The zero-order chi connectivity index (χ0) is 15.4. The molecule has 1 aliphatic heterocycles. The van der Waals surface area contributed by atoms with Gasteiger partial charge < -0.3 is 10.0 Å². The number of amides is 1. The second kappa shape index (κ2) is 6.59. The molecule has 1 amide bonds. The Morgan fingerprint density at radius 3 is 2.57 bits per heavy atom. The summed E-state index contributed by atoms with van der Waals surface area (Å²) >= 11 is 0. The first-order valence-corrected chi connectivity index (χ1v) is 7.29. The van der Waals surface area contributed by atoms with Gasteiger partial charge in [-0.2, -0.15) is 5.26 Å². The molecule has 1 fully saturated rings. The maximum Gasteiger partial charge on any atom is 0.257 e. The van der Waals surface area contributed by atoms with E-state index in [9.17, 15) is 9.90 Å². The molecule has 5 heteroatoms. The number of carbonyl (C=O) groups excluding carboxylic acids is 1. The van der Waals surface area contributed by atoms with Crippen LogP contribution in [0, 0.1) is 18.3 Å². The van der Waals surface area contributed by atoms with E-state index in [0.29, 0.717) is 31.7 Å². The lowest BCUT2D eigenvalue weighted by molar-refractivity contribution is 0.0602.